The van der Waals surface area contributed by atoms with E-state index < -0.39 is 41.7 Å². The number of hydrogen-bond donors (Lipinski definition) is 2. The van der Waals surface area contributed by atoms with Gasteiger partial charge in [-0.1, -0.05) is 0 Å². The molecule has 2 heterocycles. The van der Waals surface area contributed by atoms with Gasteiger partial charge in [-0.05, 0) is 6.92 Å². The Hall–Kier alpha value is -2.67. The molecular weight excluding hydrogens is 414 g/mol. The summed E-state index contributed by atoms with van der Waals surface area (Å²) in [6, 6.07) is -1.13. The van der Waals surface area contributed by atoms with Crippen molar-refractivity contribution in [3.8, 4) is 0 Å². The van der Waals surface area contributed by atoms with Crippen molar-refractivity contribution < 1.29 is 43.3 Å². The number of carbonyl (C=O) groups excluding carboxylic acids is 5. The molecular formula is C19H27N3O9. The first-order valence-corrected chi connectivity index (χ1v) is 9.91. The molecule has 0 aliphatic carbocycles. The van der Waals surface area contributed by atoms with Crippen LogP contribution in [0.4, 0.5) is 0 Å². The lowest BCUT2D eigenvalue weighted by atomic mass is 10.2. The molecule has 0 radical (unpaired) electrons. The van der Waals surface area contributed by atoms with Crippen LogP contribution < -0.4 is 5.32 Å². The van der Waals surface area contributed by atoms with Crippen LogP contribution in [0.5, 0.6) is 0 Å². The molecule has 172 valence electrons. The molecule has 1 fully saturated rings. The van der Waals surface area contributed by atoms with Gasteiger partial charge in [0.15, 0.2) is 0 Å². The zero-order valence-corrected chi connectivity index (χ0v) is 17.3. The third-order valence-corrected chi connectivity index (χ3v) is 4.58. The van der Waals surface area contributed by atoms with E-state index >= 15 is 0 Å². The minimum absolute atomic E-state index is 0.0325. The van der Waals surface area contributed by atoms with Crippen molar-refractivity contribution in [3.63, 3.8) is 0 Å². The molecule has 0 bridgehead atoms. The van der Waals surface area contributed by atoms with Crippen molar-refractivity contribution in [1.82, 2.24) is 15.1 Å². The smallest absolute Gasteiger partial charge is 0.254 e. The molecule has 2 unspecified atom stereocenters. The number of aliphatic hydroxyl groups is 1. The molecule has 12 heteroatoms. The second-order valence-corrected chi connectivity index (χ2v) is 6.76. The van der Waals surface area contributed by atoms with Gasteiger partial charge in [-0.2, -0.15) is 0 Å². The molecule has 2 aliphatic heterocycles. The van der Waals surface area contributed by atoms with Crippen LogP contribution in [0.1, 0.15) is 19.8 Å². The Morgan fingerprint density at radius 3 is 2.00 bits per heavy atom. The number of nitrogens with zero attached hydrogens (tertiary/aromatic N) is 2. The molecule has 5 amide bonds. The van der Waals surface area contributed by atoms with Gasteiger partial charge in [-0.3, -0.25) is 33.8 Å². The number of amides is 5. The van der Waals surface area contributed by atoms with Gasteiger partial charge >= 0.3 is 0 Å². The first-order valence-electron chi connectivity index (χ1n) is 9.91. The number of likely N-dealkylation sites (tertiary alicyclic amines) is 1. The lowest BCUT2D eigenvalue weighted by molar-refractivity contribution is -0.149. The highest BCUT2D eigenvalue weighted by atomic mass is 16.5. The van der Waals surface area contributed by atoms with Crippen molar-refractivity contribution >= 4 is 29.5 Å². The topological polar surface area (TPSA) is 152 Å². The molecule has 2 aliphatic rings. The van der Waals surface area contributed by atoms with Crippen molar-refractivity contribution in [2.24, 2.45) is 0 Å². The van der Waals surface area contributed by atoms with Gasteiger partial charge in [0.05, 0.1) is 46.2 Å². The molecule has 0 saturated carbocycles. The standard InChI is InChI=1S/C19H27N3O9/c1-13(21-15(24)2-3-16(21)25)19(28)20-14(22-17(26)4-5-18(22)27)12-31-11-10-30-9-8-29-7-6-23/h2-3,13-14,23H,4-12H2,1H3,(H,20,28). The summed E-state index contributed by atoms with van der Waals surface area (Å²) in [5.74, 6) is -2.83. The highest BCUT2D eigenvalue weighted by Gasteiger charge is 2.38. The number of hydrogen-bond acceptors (Lipinski definition) is 9. The fraction of sp³-hybridized carbons (Fsp3) is 0.632. The second-order valence-electron chi connectivity index (χ2n) is 6.76. The summed E-state index contributed by atoms with van der Waals surface area (Å²) in [5, 5.41) is 11.1. The fourth-order valence-corrected chi connectivity index (χ4v) is 3.02. The van der Waals surface area contributed by atoms with E-state index in [0.29, 0.717) is 13.2 Å². The zero-order chi connectivity index (χ0) is 22.8. The predicted molar refractivity (Wildman–Crippen MR) is 103 cm³/mol. The third kappa shape index (κ3) is 6.92. The van der Waals surface area contributed by atoms with E-state index in [1.54, 1.807) is 0 Å². The summed E-state index contributed by atoms with van der Waals surface area (Å²) >= 11 is 0. The number of imide groups is 2. The van der Waals surface area contributed by atoms with Crippen molar-refractivity contribution in [2.45, 2.75) is 32.0 Å². The highest BCUT2D eigenvalue weighted by Crippen LogP contribution is 2.16. The molecule has 0 aromatic rings. The summed E-state index contributed by atoms with van der Waals surface area (Å²) in [6.07, 6.45) is 1.12. The summed E-state index contributed by atoms with van der Waals surface area (Å²) in [6.45, 7) is 2.31. The van der Waals surface area contributed by atoms with E-state index in [1.165, 1.54) is 6.92 Å². The van der Waals surface area contributed by atoms with Gasteiger partial charge in [0.2, 0.25) is 17.7 Å². The molecule has 2 N–H and O–H groups in total. The van der Waals surface area contributed by atoms with Gasteiger partial charge in [-0.25, -0.2) is 0 Å². The van der Waals surface area contributed by atoms with Crippen molar-refractivity contribution in [3.05, 3.63) is 12.2 Å². The molecule has 0 aromatic carbocycles. The minimum Gasteiger partial charge on any atom is -0.394 e. The van der Waals surface area contributed by atoms with E-state index in [1.807, 2.05) is 0 Å². The second kappa shape index (κ2) is 12.2. The van der Waals surface area contributed by atoms with E-state index in [4.69, 9.17) is 19.3 Å². The van der Waals surface area contributed by atoms with Crippen LogP contribution in [0, 0.1) is 0 Å². The van der Waals surface area contributed by atoms with Gasteiger partial charge in [-0.15, -0.1) is 0 Å². The Morgan fingerprint density at radius 2 is 1.45 bits per heavy atom. The third-order valence-electron chi connectivity index (χ3n) is 4.58. The van der Waals surface area contributed by atoms with Crippen LogP contribution in [-0.2, 0) is 38.2 Å². The quantitative estimate of drug-likeness (QED) is 0.229. The van der Waals surface area contributed by atoms with Gasteiger partial charge in [0.25, 0.3) is 11.8 Å². The molecule has 1 saturated heterocycles. The van der Waals surface area contributed by atoms with E-state index in [0.717, 1.165) is 22.0 Å². The lowest BCUT2D eigenvalue weighted by Crippen LogP contribution is -2.57. The number of ether oxygens (including phenoxy) is 3. The average Bonchev–Trinajstić information content (AvgIpc) is 3.25. The fourth-order valence-electron chi connectivity index (χ4n) is 3.02. The average molecular weight is 441 g/mol. The molecule has 2 atom stereocenters. The Bertz CT molecular complexity index is 690. The number of carbonyl (C=O) groups is 5. The monoisotopic (exact) mass is 441 g/mol. The van der Waals surface area contributed by atoms with Crippen LogP contribution in [0.15, 0.2) is 12.2 Å². The summed E-state index contributed by atoms with van der Waals surface area (Å²) in [5.41, 5.74) is 0. The first kappa shape index (κ1) is 24.6. The predicted octanol–water partition coefficient (Wildman–Crippen LogP) is -2.07. The van der Waals surface area contributed by atoms with Crippen LogP contribution in [0.25, 0.3) is 0 Å². The maximum Gasteiger partial charge on any atom is 0.254 e. The Labute approximate surface area is 179 Å². The lowest BCUT2D eigenvalue weighted by Gasteiger charge is -2.29. The Balaban J connectivity index is 1.87. The number of nitrogens with one attached hydrogen (secondary N) is 1. The number of aliphatic hydroxyl groups excluding tert-OH is 1. The minimum atomic E-state index is -1.13. The highest BCUT2D eigenvalue weighted by molar-refractivity contribution is 6.15. The summed E-state index contributed by atoms with van der Waals surface area (Å²) in [4.78, 5) is 62.1. The van der Waals surface area contributed by atoms with E-state index in [2.05, 4.69) is 5.32 Å². The van der Waals surface area contributed by atoms with Crippen LogP contribution in [0.2, 0.25) is 0 Å². The molecule has 31 heavy (non-hydrogen) atoms. The molecule has 2 rings (SSSR count). The molecule has 0 aromatic heterocycles. The van der Waals surface area contributed by atoms with Crippen LogP contribution in [-0.4, -0.2) is 103 Å². The van der Waals surface area contributed by atoms with E-state index in [9.17, 15) is 24.0 Å². The summed E-state index contributed by atoms with van der Waals surface area (Å²) in [7, 11) is 0. The van der Waals surface area contributed by atoms with Crippen LogP contribution in [0.3, 0.4) is 0 Å². The zero-order valence-electron chi connectivity index (χ0n) is 17.3. The first-order chi connectivity index (χ1) is 14.9. The molecule has 12 nitrogen and oxygen atoms in total. The van der Waals surface area contributed by atoms with Gasteiger partial charge < -0.3 is 24.6 Å². The Morgan fingerprint density at radius 1 is 0.935 bits per heavy atom. The summed E-state index contributed by atoms with van der Waals surface area (Å²) < 4.78 is 15.8. The maximum atomic E-state index is 12.6. The SMILES string of the molecule is CC(C(=O)NC(COCCOCCOCCO)N1C(=O)CCC1=O)N1C(=O)C=CC1=O. The maximum absolute atomic E-state index is 12.6. The molecule has 0 spiro atoms. The van der Waals surface area contributed by atoms with Crippen molar-refractivity contribution in [2.75, 3.05) is 46.2 Å². The number of rotatable bonds is 14. The normalized spacial score (nSPS) is 18.3. The van der Waals surface area contributed by atoms with Crippen molar-refractivity contribution in [1.29, 1.82) is 0 Å². The largest absolute Gasteiger partial charge is 0.394 e. The van der Waals surface area contributed by atoms with Gasteiger partial charge in [0, 0.05) is 25.0 Å². The van der Waals surface area contributed by atoms with E-state index in [-0.39, 0.29) is 45.9 Å². The van der Waals surface area contributed by atoms with Crippen LogP contribution >= 0.6 is 0 Å². The Kier molecular flexibility index (Phi) is 9.72. The van der Waals surface area contributed by atoms with Gasteiger partial charge in [0.1, 0.15) is 12.2 Å².